The minimum atomic E-state index is -0.213. The highest BCUT2D eigenvalue weighted by Gasteiger charge is 2.29. The number of aromatic nitrogens is 4. The van der Waals surface area contributed by atoms with Crippen LogP contribution in [-0.4, -0.2) is 48.9 Å². The second kappa shape index (κ2) is 8.47. The van der Waals surface area contributed by atoms with Crippen molar-refractivity contribution in [3.63, 3.8) is 0 Å². The molecule has 1 atom stereocenters. The first-order valence-electron chi connectivity index (χ1n) is 9.01. The van der Waals surface area contributed by atoms with Crippen molar-refractivity contribution >= 4 is 17.7 Å². The van der Waals surface area contributed by atoms with Crippen LogP contribution < -0.4 is 0 Å². The minimum absolute atomic E-state index is 0.182. The van der Waals surface area contributed by atoms with Crippen LogP contribution in [0.5, 0.6) is 0 Å². The van der Waals surface area contributed by atoms with E-state index in [2.05, 4.69) is 22.4 Å². The molecule has 1 aliphatic carbocycles. The Morgan fingerprint density at radius 2 is 2.00 bits per heavy atom. The summed E-state index contributed by atoms with van der Waals surface area (Å²) in [4.78, 5) is 15.0. The maximum absolute atomic E-state index is 13.0. The Kier molecular flexibility index (Phi) is 6.07. The maximum Gasteiger partial charge on any atom is 0.236 e. The molecule has 0 aliphatic heterocycles. The molecule has 0 unspecified atom stereocenters. The van der Waals surface area contributed by atoms with Gasteiger partial charge in [0.25, 0.3) is 0 Å². The summed E-state index contributed by atoms with van der Waals surface area (Å²) < 4.78 is 1.69. The van der Waals surface area contributed by atoms with E-state index in [1.54, 1.807) is 4.68 Å². The molecule has 0 radical (unpaired) electrons. The van der Waals surface area contributed by atoms with Crippen molar-refractivity contribution in [1.82, 2.24) is 25.1 Å². The number of hydrogen-bond acceptors (Lipinski definition) is 5. The first kappa shape index (κ1) is 17.9. The molecule has 0 spiro atoms. The van der Waals surface area contributed by atoms with E-state index in [4.69, 9.17) is 0 Å². The Balaban J connectivity index is 1.70. The smallest absolute Gasteiger partial charge is 0.236 e. The summed E-state index contributed by atoms with van der Waals surface area (Å²) in [7, 11) is 0. The number of rotatable bonds is 6. The summed E-state index contributed by atoms with van der Waals surface area (Å²) in [5, 5.41) is 12.4. The van der Waals surface area contributed by atoms with Crippen LogP contribution >= 0.6 is 11.8 Å². The Hall–Kier alpha value is -1.89. The second-order valence-electron chi connectivity index (χ2n) is 6.38. The summed E-state index contributed by atoms with van der Waals surface area (Å²) in [6.45, 7) is 4.78. The van der Waals surface area contributed by atoms with Crippen molar-refractivity contribution in [2.45, 2.75) is 62.4 Å². The van der Waals surface area contributed by atoms with E-state index in [1.807, 2.05) is 42.2 Å². The monoisotopic (exact) mass is 359 g/mol. The molecule has 25 heavy (non-hydrogen) atoms. The highest BCUT2D eigenvalue weighted by molar-refractivity contribution is 8.00. The standard InChI is InChI=1S/C18H25N5OS/c1-3-22(15-10-6-4-7-11-15)17(24)14(2)25-18-19-20-21-23(18)16-12-8-5-9-13-16/h5,8-9,12-15H,3-4,6-7,10-11H2,1-2H3/t14-/m1/s1. The number of nitrogens with zero attached hydrogens (tertiary/aromatic N) is 5. The van der Waals surface area contributed by atoms with E-state index in [9.17, 15) is 4.79 Å². The van der Waals surface area contributed by atoms with Gasteiger partial charge < -0.3 is 4.90 Å². The molecule has 1 aromatic carbocycles. The van der Waals surface area contributed by atoms with Crippen LogP contribution in [-0.2, 0) is 4.79 Å². The maximum atomic E-state index is 13.0. The predicted molar refractivity (Wildman–Crippen MR) is 98.7 cm³/mol. The molecule has 1 saturated carbocycles. The molecule has 1 aliphatic rings. The fraction of sp³-hybridized carbons (Fsp3) is 0.556. The van der Waals surface area contributed by atoms with Crippen molar-refractivity contribution in [2.24, 2.45) is 0 Å². The number of thioether (sulfide) groups is 1. The van der Waals surface area contributed by atoms with E-state index >= 15 is 0 Å². The topological polar surface area (TPSA) is 63.9 Å². The lowest BCUT2D eigenvalue weighted by atomic mass is 9.94. The van der Waals surface area contributed by atoms with E-state index in [0.29, 0.717) is 11.2 Å². The fourth-order valence-electron chi connectivity index (χ4n) is 3.41. The molecule has 0 bridgehead atoms. The van der Waals surface area contributed by atoms with Gasteiger partial charge in [-0.1, -0.05) is 49.2 Å². The summed E-state index contributed by atoms with van der Waals surface area (Å²) in [5.74, 6) is 0.182. The Bertz CT molecular complexity index is 684. The fourth-order valence-corrected chi connectivity index (χ4v) is 4.29. The minimum Gasteiger partial charge on any atom is -0.339 e. The van der Waals surface area contributed by atoms with Gasteiger partial charge in [0.15, 0.2) is 0 Å². The van der Waals surface area contributed by atoms with E-state index in [1.165, 1.54) is 31.0 Å². The van der Waals surface area contributed by atoms with Gasteiger partial charge in [-0.3, -0.25) is 4.79 Å². The van der Waals surface area contributed by atoms with E-state index in [0.717, 1.165) is 25.1 Å². The molecular formula is C18H25N5OS. The van der Waals surface area contributed by atoms with Crippen molar-refractivity contribution in [3.05, 3.63) is 30.3 Å². The zero-order valence-electron chi connectivity index (χ0n) is 14.8. The number of para-hydroxylation sites is 1. The van der Waals surface area contributed by atoms with Gasteiger partial charge in [0, 0.05) is 12.6 Å². The summed E-state index contributed by atoms with van der Waals surface area (Å²) in [6.07, 6.45) is 5.99. The Morgan fingerprint density at radius 3 is 2.68 bits per heavy atom. The summed E-state index contributed by atoms with van der Waals surface area (Å²) in [5.41, 5.74) is 0.897. The number of hydrogen-bond donors (Lipinski definition) is 0. The lowest BCUT2D eigenvalue weighted by Crippen LogP contribution is -2.44. The van der Waals surface area contributed by atoms with Crippen molar-refractivity contribution in [2.75, 3.05) is 6.54 Å². The van der Waals surface area contributed by atoms with Gasteiger partial charge in [0.2, 0.25) is 11.1 Å². The van der Waals surface area contributed by atoms with E-state index < -0.39 is 0 Å². The average Bonchev–Trinajstić information content (AvgIpc) is 3.12. The average molecular weight is 359 g/mol. The van der Waals surface area contributed by atoms with E-state index in [-0.39, 0.29) is 11.2 Å². The van der Waals surface area contributed by atoms with Gasteiger partial charge in [0.05, 0.1) is 10.9 Å². The number of tetrazole rings is 1. The van der Waals surface area contributed by atoms with Crippen LogP contribution in [0.1, 0.15) is 46.0 Å². The molecule has 6 nitrogen and oxygen atoms in total. The molecule has 1 aromatic heterocycles. The molecule has 7 heteroatoms. The SMILES string of the molecule is CCN(C(=O)[C@@H](C)Sc1nnnn1-c1ccccc1)C1CCCCC1. The lowest BCUT2D eigenvalue weighted by Gasteiger charge is -2.35. The highest BCUT2D eigenvalue weighted by Crippen LogP contribution is 2.28. The van der Waals surface area contributed by atoms with Crippen LogP contribution in [0.25, 0.3) is 5.69 Å². The van der Waals surface area contributed by atoms with Crippen LogP contribution in [0.3, 0.4) is 0 Å². The van der Waals surface area contributed by atoms with Gasteiger partial charge in [-0.05, 0) is 49.2 Å². The second-order valence-corrected chi connectivity index (χ2v) is 7.69. The molecule has 3 rings (SSSR count). The van der Waals surface area contributed by atoms with Crippen molar-refractivity contribution < 1.29 is 4.79 Å². The first-order chi connectivity index (χ1) is 12.2. The third-order valence-corrected chi connectivity index (χ3v) is 5.73. The van der Waals surface area contributed by atoms with Gasteiger partial charge in [-0.2, -0.15) is 4.68 Å². The van der Waals surface area contributed by atoms with Gasteiger partial charge in [-0.25, -0.2) is 0 Å². The molecule has 0 saturated heterocycles. The molecule has 0 N–H and O–H groups in total. The molecule has 1 fully saturated rings. The van der Waals surface area contributed by atoms with Crippen LogP contribution in [0, 0.1) is 0 Å². The summed E-state index contributed by atoms with van der Waals surface area (Å²) >= 11 is 1.42. The third kappa shape index (κ3) is 4.21. The largest absolute Gasteiger partial charge is 0.339 e. The first-order valence-corrected chi connectivity index (χ1v) is 9.89. The number of carbonyl (C=O) groups is 1. The lowest BCUT2D eigenvalue weighted by molar-refractivity contribution is -0.133. The van der Waals surface area contributed by atoms with Crippen LogP contribution in [0.4, 0.5) is 0 Å². The van der Waals surface area contributed by atoms with Crippen LogP contribution in [0.2, 0.25) is 0 Å². The number of benzene rings is 1. The number of carbonyl (C=O) groups excluding carboxylic acids is 1. The zero-order valence-corrected chi connectivity index (χ0v) is 15.7. The molecular weight excluding hydrogens is 334 g/mol. The normalized spacial score (nSPS) is 16.6. The summed E-state index contributed by atoms with van der Waals surface area (Å²) in [6, 6.07) is 10.1. The molecule has 1 heterocycles. The van der Waals surface area contributed by atoms with Gasteiger partial charge >= 0.3 is 0 Å². The van der Waals surface area contributed by atoms with Crippen molar-refractivity contribution in [3.8, 4) is 5.69 Å². The zero-order chi connectivity index (χ0) is 17.6. The molecule has 2 aromatic rings. The third-order valence-electron chi connectivity index (χ3n) is 4.71. The molecule has 134 valence electrons. The molecule has 1 amide bonds. The number of amides is 1. The van der Waals surface area contributed by atoms with Gasteiger partial charge in [0.1, 0.15) is 0 Å². The quantitative estimate of drug-likeness (QED) is 0.740. The Morgan fingerprint density at radius 1 is 1.28 bits per heavy atom. The van der Waals surface area contributed by atoms with Crippen LogP contribution in [0.15, 0.2) is 35.5 Å². The Labute approximate surface area is 153 Å². The predicted octanol–water partition coefficient (Wildman–Crippen LogP) is 3.32. The van der Waals surface area contributed by atoms with Gasteiger partial charge in [-0.15, -0.1) is 5.10 Å². The van der Waals surface area contributed by atoms with Crippen molar-refractivity contribution in [1.29, 1.82) is 0 Å². The highest BCUT2D eigenvalue weighted by atomic mass is 32.2.